The van der Waals surface area contributed by atoms with Crippen molar-refractivity contribution in [3.63, 3.8) is 0 Å². The summed E-state index contributed by atoms with van der Waals surface area (Å²) in [4.78, 5) is 28.9. The van der Waals surface area contributed by atoms with Crippen LogP contribution >= 0.6 is 0 Å². The second-order valence-corrected chi connectivity index (χ2v) is 8.54. The molecule has 1 unspecified atom stereocenters. The monoisotopic (exact) mass is 374 g/mol. The Morgan fingerprint density at radius 1 is 1.07 bits per heavy atom. The molecule has 2 aliphatic rings. The first-order valence-electron chi connectivity index (χ1n) is 9.62. The third-order valence-electron chi connectivity index (χ3n) is 5.31. The van der Waals surface area contributed by atoms with E-state index in [0.717, 1.165) is 6.54 Å². The van der Waals surface area contributed by atoms with E-state index in [1.807, 2.05) is 39.0 Å². The highest BCUT2D eigenvalue weighted by molar-refractivity contribution is 5.73. The predicted molar refractivity (Wildman–Crippen MR) is 102 cm³/mol. The Morgan fingerprint density at radius 2 is 1.67 bits per heavy atom. The van der Waals surface area contributed by atoms with Crippen LogP contribution in [0.2, 0.25) is 0 Å². The Morgan fingerprint density at radius 3 is 2.19 bits per heavy atom. The summed E-state index contributed by atoms with van der Waals surface area (Å²) in [6, 6.07) is 10.6. The fraction of sp³-hybridized carbons (Fsp3) is 0.619. The molecule has 148 valence electrons. The largest absolute Gasteiger partial charge is 0.469 e. The van der Waals surface area contributed by atoms with Crippen LogP contribution in [0.5, 0.6) is 0 Å². The SMILES string of the molecule is COC(=O)C1C[C@@H]2CN(C(=O)OC(C)(C)C)C[C@H](C1)N2Cc1ccccc1. The molecule has 27 heavy (non-hydrogen) atoms. The van der Waals surface area contributed by atoms with Gasteiger partial charge in [-0.1, -0.05) is 30.3 Å². The van der Waals surface area contributed by atoms with Crippen LogP contribution in [-0.2, 0) is 20.8 Å². The lowest BCUT2D eigenvalue weighted by molar-refractivity contribution is -0.150. The number of carbonyl (C=O) groups excluding carboxylic acids is 2. The second kappa shape index (κ2) is 7.89. The highest BCUT2D eigenvalue weighted by Gasteiger charge is 2.45. The molecule has 6 nitrogen and oxygen atoms in total. The smallest absolute Gasteiger partial charge is 0.410 e. The third-order valence-corrected chi connectivity index (χ3v) is 5.31. The number of benzene rings is 1. The number of amides is 1. The maximum atomic E-state index is 12.6. The van der Waals surface area contributed by atoms with Crippen molar-refractivity contribution in [3.05, 3.63) is 35.9 Å². The molecule has 0 radical (unpaired) electrons. The fourth-order valence-electron chi connectivity index (χ4n) is 4.15. The standard InChI is InChI=1S/C21H30N2O4/c1-21(2,3)27-20(25)22-13-17-10-16(19(24)26-4)11-18(14-22)23(17)12-15-8-6-5-7-9-15/h5-9,16-18H,10-14H2,1-4H3/t16?,17-,18+. The van der Waals surface area contributed by atoms with Gasteiger partial charge in [0.15, 0.2) is 0 Å². The highest BCUT2D eigenvalue weighted by atomic mass is 16.6. The lowest BCUT2D eigenvalue weighted by Gasteiger charge is -2.51. The minimum absolute atomic E-state index is 0.0993. The van der Waals surface area contributed by atoms with Gasteiger partial charge in [-0.05, 0) is 39.2 Å². The van der Waals surface area contributed by atoms with E-state index in [2.05, 4.69) is 17.0 Å². The Bertz CT molecular complexity index is 655. The average Bonchev–Trinajstić information content (AvgIpc) is 2.60. The lowest BCUT2D eigenvalue weighted by atomic mass is 9.82. The summed E-state index contributed by atoms with van der Waals surface area (Å²) in [6.07, 6.45) is 1.14. The molecule has 0 aliphatic carbocycles. The van der Waals surface area contributed by atoms with Gasteiger partial charge in [0.2, 0.25) is 0 Å². The van der Waals surface area contributed by atoms with Gasteiger partial charge in [-0.15, -0.1) is 0 Å². The molecule has 2 fully saturated rings. The summed E-state index contributed by atoms with van der Waals surface area (Å²) < 4.78 is 10.6. The van der Waals surface area contributed by atoms with Crippen LogP contribution in [-0.4, -0.2) is 59.7 Å². The number of piperidine rings is 1. The minimum atomic E-state index is -0.512. The van der Waals surface area contributed by atoms with Crippen LogP contribution in [0.4, 0.5) is 4.79 Å². The van der Waals surface area contributed by atoms with Crippen molar-refractivity contribution >= 4 is 12.1 Å². The summed E-state index contributed by atoms with van der Waals surface area (Å²) in [5.74, 6) is -0.243. The highest BCUT2D eigenvalue weighted by Crippen LogP contribution is 2.35. The molecule has 0 spiro atoms. The topological polar surface area (TPSA) is 59.1 Å². The summed E-state index contributed by atoms with van der Waals surface area (Å²) in [7, 11) is 1.45. The first kappa shape index (κ1) is 19.7. The number of rotatable bonds is 3. The van der Waals surface area contributed by atoms with Gasteiger partial charge < -0.3 is 14.4 Å². The molecule has 3 atom stereocenters. The normalized spacial score (nSPS) is 25.8. The van der Waals surface area contributed by atoms with E-state index in [1.54, 1.807) is 4.90 Å². The zero-order valence-corrected chi connectivity index (χ0v) is 16.7. The van der Waals surface area contributed by atoms with Crippen LogP contribution in [0.15, 0.2) is 30.3 Å². The summed E-state index contributed by atoms with van der Waals surface area (Å²) in [5, 5.41) is 0. The average molecular weight is 374 g/mol. The van der Waals surface area contributed by atoms with Gasteiger partial charge >= 0.3 is 12.1 Å². The molecule has 2 aliphatic heterocycles. The molecule has 2 bridgehead atoms. The van der Waals surface area contributed by atoms with Crippen LogP contribution in [0.3, 0.4) is 0 Å². The molecule has 0 saturated carbocycles. The molecule has 0 aromatic heterocycles. The number of ether oxygens (including phenoxy) is 2. The van der Waals surface area contributed by atoms with Crippen molar-refractivity contribution < 1.29 is 19.1 Å². The van der Waals surface area contributed by atoms with Gasteiger partial charge in [-0.2, -0.15) is 0 Å². The van der Waals surface area contributed by atoms with Gasteiger partial charge in [0, 0.05) is 31.7 Å². The van der Waals surface area contributed by atoms with Gasteiger partial charge in [0.1, 0.15) is 5.60 Å². The van der Waals surface area contributed by atoms with E-state index in [9.17, 15) is 9.59 Å². The van der Waals surface area contributed by atoms with Crippen molar-refractivity contribution in [3.8, 4) is 0 Å². The zero-order valence-electron chi connectivity index (χ0n) is 16.7. The Labute approximate surface area is 161 Å². The van der Waals surface area contributed by atoms with E-state index in [0.29, 0.717) is 25.9 Å². The number of hydrogen-bond donors (Lipinski definition) is 0. The molecular weight excluding hydrogens is 344 g/mol. The number of likely N-dealkylation sites (tertiary alicyclic amines) is 1. The quantitative estimate of drug-likeness (QED) is 0.761. The van der Waals surface area contributed by atoms with Crippen molar-refractivity contribution in [2.45, 2.75) is 57.8 Å². The lowest BCUT2D eigenvalue weighted by Crippen LogP contribution is -2.63. The summed E-state index contributed by atoms with van der Waals surface area (Å²) in [6.45, 7) is 7.61. The molecule has 0 N–H and O–H groups in total. The number of fused-ring (bicyclic) bond motifs is 2. The van der Waals surface area contributed by atoms with E-state index in [1.165, 1.54) is 12.7 Å². The molecule has 1 aromatic carbocycles. The number of hydrogen-bond acceptors (Lipinski definition) is 5. The molecule has 1 aromatic rings. The van der Waals surface area contributed by atoms with Crippen molar-refractivity contribution in [1.29, 1.82) is 0 Å². The third kappa shape index (κ3) is 4.80. The number of methoxy groups -OCH3 is 1. The van der Waals surface area contributed by atoms with Crippen molar-refractivity contribution in [1.82, 2.24) is 9.80 Å². The van der Waals surface area contributed by atoms with Crippen LogP contribution in [0.1, 0.15) is 39.2 Å². The first-order valence-corrected chi connectivity index (χ1v) is 9.62. The molecule has 3 rings (SSSR count). The Hall–Kier alpha value is -2.08. The number of carbonyl (C=O) groups is 2. The van der Waals surface area contributed by atoms with Crippen molar-refractivity contribution in [2.75, 3.05) is 20.2 Å². The maximum absolute atomic E-state index is 12.6. The van der Waals surface area contributed by atoms with Gasteiger partial charge in [0.25, 0.3) is 0 Å². The molecule has 6 heteroatoms. The molecule has 2 saturated heterocycles. The van der Waals surface area contributed by atoms with E-state index < -0.39 is 5.60 Å². The van der Waals surface area contributed by atoms with Gasteiger partial charge in [0.05, 0.1) is 13.0 Å². The number of esters is 1. The maximum Gasteiger partial charge on any atom is 0.410 e. The Kier molecular flexibility index (Phi) is 5.75. The molecule has 2 heterocycles. The van der Waals surface area contributed by atoms with E-state index in [4.69, 9.17) is 9.47 Å². The second-order valence-electron chi connectivity index (χ2n) is 8.54. The zero-order chi connectivity index (χ0) is 19.6. The van der Waals surface area contributed by atoms with Crippen LogP contribution < -0.4 is 0 Å². The number of nitrogens with zero attached hydrogens (tertiary/aromatic N) is 2. The van der Waals surface area contributed by atoms with Gasteiger partial charge in [-0.25, -0.2) is 4.79 Å². The minimum Gasteiger partial charge on any atom is -0.469 e. The number of piperazine rings is 1. The fourth-order valence-corrected chi connectivity index (χ4v) is 4.15. The molecule has 1 amide bonds. The Balaban J connectivity index is 1.76. The van der Waals surface area contributed by atoms with E-state index >= 15 is 0 Å². The van der Waals surface area contributed by atoms with E-state index in [-0.39, 0.29) is 30.1 Å². The van der Waals surface area contributed by atoms with Crippen molar-refractivity contribution in [2.24, 2.45) is 5.92 Å². The van der Waals surface area contributed by atoms with Crippen LogP contribution in [0, 0.1) is 5.92 Å². The predicted octanol–water partition coefficient (Wildman–Crippen LogP) is 3.06. The molecular formula is C21H30N2O4. The first-order chi connectivity index (χ1) is 12.8. The van der Waals surface area contributed by atoms with Gasteiger partial charge in [-0.3, -0.25) is 9.69 Å². The van der Waals surface area contributed by atoms with Crippen LogP contribution in [0.25, 0.3) is 0 Å². The summed E-state index contributed by atoms with van der Waals surface area (Å²) >= 11 is 0. The summed E-state index contributed by atoms with van der Waals surface area (Å²) in [5.41, 5.74) is 0.733.